The average Bonchev–Trinajstić information content (AvgIpc) is 2.32. The maximum absolute atomic E-state index is 11.6. The first-order chi connectivity index (χ1) is 8.16. The molecule has 0 saturated carbocycles. The topological polar surface area (TPSA) is 83.0 Å². The van der Waals surface area contributed by atoms with Crippen LogP contribution in [-0.2, 0) is 11.2 Å². The number of hydrogen-bond donors (Lipinski definition) is 2. The Morgan fingerprint density at radius 1 is 1.47 bits per heavy atom. The van der Waals surface area contributed by atoms with E-state index in [-0.39, 0.29) is 12.0 Å². The predicted octanol–water partition coefficient (Wildman–Crippen LogP) is 1.06. The van der Waals surface area contributed by atoms with Crippen LogP contribution in [0.4, 0.5) is 0 Å². The molecule has 17 heavy (non-hydrogen) atoms. The first-order valence-electron chi connectivity index (χ1n) is 5.00. The fraction of sp³-hybridized carbons (Fsp3) is 0.0833. The Kier molecular flexibility index (Phi) is 3.00. The molecule has 0 bridgehead atoms. The Hall–Kier alpha value is -2.43. The molecule has 2 aromatic rings. The number of pyridine rings is 2. The van der Waals surface area contributed by atoms with Crippen molar-refractivity contribution in [3.05, 3.63) is 52.7 Å². The van der Waals surface area contributed by atoms with Crippen LogP contribution in [-0.4, -0.2) is 21.0 Å². The van der Waals surface area contributed by atoms with E-state index in [0.717, 1.165) is 0 Å². The number of H-pyrrole nitrogens is 1. The van der Waals surface area contributed by atoms with Crippen molar-refractivity contribution in [3.63, 3.8) is 0 Å². The summed E-state index contributed by atoms with van der Waals surface area (Å²) >= 11 is 0. The molecule has 5 nitrogen and oxygen atoms in total. The third-order valence-electron chi connectivity index (χ3n) is 2.29. The van der Waals surface area contributed by atoms with Gasteiger partial charge in [0, 0.05) is 29.7 Å². The summed E-state index contributed by atoms with van der Waals surface area (Å²) in [5.74, 6) is -0.936. The zero-order valence-electron chi connectivity index (χ0n) is 8.88. The third-order valence-corrected chi connectivity index (χ3v) is 2.29. The maximum Gasteiger partial charge on any atom is 0.307 e. The molecule has 2 aromatic heterocycles. The SMILES string of the molecule is O=C(O)Cc1c[nH]c(=O)c(-c2cccnc2)c1. The Labute approximate surface area is 96.8 Å². The summed E-state index contributed by atoms with van der Waals surface area (Å²) in [6.07, 6.45) is 4.47. The fourth-order valence-electron chi connectivity index (χ4n) is 1.54. The molecule has 0 aliphatic rings. The molecule has 0 aromatic carbocycles. The molecule has 2 heterocycles. The van der Waals surface area contributed by atoms with Crippen LogP contribution in [0.25, 0.3) is 11.1 Å². The number of rotatable bonds is 3. The normalized spacial score (nSPS) is 10.1. The quantitative estimate of drug-likeness (QED) is 0.826. The molecule has 0 spiro atoms. The van der Waals surface area contributed by atoms with Gasteiger partial charge in [-0.2, -0.15) is 0 Å². The fourth-order valence-corrected chi connectivity index (χ4v) is 1.54. The van der Waals surface area contributed by atoms with Crippen LogP contribution in [0.5, 0.6) is 0 Å². The molecule has 2 N–H and O–H groups in total. The van der Waals surface area contributed by atoms with Gasteiger partial charge in [0.2, 0.25) is 0 Å². The number of carboxylic acid groups (broad SMARTS) is 1. The smallest absolute Gasteiger partial charge is 0.307 e. The van der Waals surface area contributed by atoms with Crippen LogP contribution in [0.15, 0.2) is 41.6 Å². The van der Waals surface area contributed by atoms with Crippen LogP contribution in [0.1, 0.15) is 5.56 Å². The Morgan fingerprint density at radius 2 is 2.29 bits per heavy atom. The highest BCUT2D eigenvalue weighted by Gasteiger charge is 2.07. The first-order valence-corrected chi connectivity index (χ1v) is 5.00. The Morgan fingerprint density at radius 3 is 2.94 bits per heavy atom. The molecular weight excluding hydrogens is 220 g/mol. The van der Waals surface area contributed by atoms with Gasteiger partial charge in [-0.3, -0.25) is 14.6 Å². The van der Waals surface area contributed by atoms with Gasteiger partial charge in [-0.1, -0.05) is 6.07 Å². The van der Waals surface area contributed by atoms with Crippen LogP contribution in [0.2, 0.25) is 0 Å². The van der Waals surface area contributed by atoms with Crippen molar-refractivity contribution < 1.29 is 9.90 Å². The lowest BCUT2D eigenvalue weighted by atomic mass is 10.1. The molecule has 0 amide bonds. The lowest BCUT2D eigenvalue weighted by Crippen LogP contribution is -2.11. The molecule has 0 aliphatic heterocycles. The van der Waals surface area contributed by atoms with E-state index in [1.54, 1.807) is 30.6 Å². The van der Waals surface area contributed by atoms with Crippen molar-refractivity contribution in [1.82, 2.24) is 9.97 Å². The summed E-state index contributed by atoms with van der Waals surface area (Å²) in [5, 5.41) is 8.69. The van der Waals surface area contributed by atoms with Gasteiger partial charge in [-0.05, 0) is 17.7 Å². The molecule has 86 valence electrons. The second kappa shape index (κ2) is 4.61. The number of nitrogens with zero attached hydrogens (tertiary/aromatic N) is 1. The minimum absolute atomic E-state index is 0.121. The molecule has 0 saturated heterocycles. The predicted molar refractivity (Wildman–Crippen MR) is 61.6 cm³/mol. The van der Waals surface area contributed by atoms with Crippen LogP contribution < -0.4 is 5.56 Å². The number of hydrogen-bond acceptors (Lipinski definition) is 3. The monoisotopic (exact) mass is 230 g/mol. The van der Waals surface area contributed by atoms with E-state index in [0.29, 0.717) is 16.7 Å². The summed E-state index contributed by atoms with van der Waals surface area (Å²) in [5.41, 5.74) is 1.39. The van der Waals surface area contributed by atoms with Crippen molar-refractivity contribution in [2.75, 3.05) is 0 Å². The average molecular weight is 230 g/mol. The van der Waals surface area contributed by atoms with E-state index in [9.17, 15) is 9.59 Å². The van der Waals surface area contributed by atoms with Crippen LogP contribution in [0, 0.1) is 0 Å². The summed E-state index contributed by atoms with van der Waals surface area (Å²) in [6, 6.07) is 5.05. The van der Waals surface area contributed by atoms with Crippen molar-refractivity contribution in [1.29, 1.82) is 0 Å². The van der Waals surface area contributed by atoms with Crippen LogP contribution >= 0.6 is 0 Å². The van der Waals surface area contributed by atoms with Gasteiger partial charge in [0.25, 0.3) is 5.56 Å². The summed E-state index contributed by atoms with van der Waals surface area (Å²) in [7, 11) is 0. The Balaban J connectivity index is 2.47. The number of nitrogens with one attached hydrogen (secondary N) is 1. The van der Waals surface area contributed by atoms with Crippen molar-refractivity contribution >= 4 is 5.97 Å². The first kappa shape index (κ1) is 11.1. The molecule has 0 radical (unpaired) electrons. The van der Waals surface area contributed by atoms with Gasteiger partial charge in [-0.15, -0.1) is 0 Å². The van der Waals surface area contributed by atoms with Gasteiger partial charge < -0.3 is 10.1 Å². The van der Waals surface area contributed by atoms with E-state index in [4.69, 9.17) is 5.11 Å². The number of carboxylic acids is 1. The molecule has 0 unspecified atom stereocenters. The number of aromatic amines is 1. The molecule has 0 aliphatic carbocycles. The zero-order valence-corrected chi connectivity index (χ0v) is 8.88. The number of aliphatic carboxylic acids is 1. The summed E-state index contributed by atoms with van der Waals surface area (Å²) in [6.45, 7) is 0. The lowest BCUT2D eigenvalue weighted by molar-refractivity contribution is -0.136. The molecule has 2 rings (SSSR count). The summed E-state index contributed by atoms with van der Waals surface area (Å²) in [4.78, 5) is 28.7. The van der Waals surface area contributed by atoms with Gasteiger partial charge >= 0.3 is 5.97 Å². The molecule has 0 fully saturated rings. The highest BCUT2D eigenvalue weighted by atomic mass is 16.4. The van der Waals surface area contributed by atoms with E-state index < -0.39 is 5.97 Å². The van der Waals surface area contributed by atoms with Crippen molar-refractivity contribution in [2.24, 2.45) is 0 Å². The molecule has 5 heteroatoms. The van der Waals surface area contributed by atoms with E-state index in [1.165, 1.54) is 6.20 Å². The van der Waals surface area contributed by atoms with Crippen molar-refractivity contribution in [2.45, 2.75) is 6.42 Å². The minimum atomic E-state index is -0.936. The Bertz CT molecular complexity index is 590. The van der Waals surface area contributed by atoms with E-state index in [2.05, 4.69) is 9.97 Å². The van der Waals surface area contributed by atoms with Gasteiger partial charge in [0.1, 0.15) is 0 Å². The number of aromatic nitrogens is 2. The third kappa shape index (κ3) is 2.57. The largest absolute Gasteiger partial charge is 0.481 e. The van der Waals surface area contributed by atoms with Gasteiger partial charge in [0.15, 0.2) is 0 Å². The molecular formula is C12H10N2O3. The zero-order chi connectivity index (χ0) is 12.3. The standard InChI is InChI=1S/C12H10N2O3/c15-11(16)5-8-4-10(12(17)14-6-8)9-2-1-3-13-7-9/h1-4,6-7H,5H2,(H,14,17)(H,15,16). The van der Waals surface area contributed by atoms with Gasteiger partial charge in [0.05, 0.1) is 6.42 Å². The lowest BCUT2D eigenvalue weighted by Gasteiger charge is -2.02. The molecule has 0 atom stereocenters. The minimum Gasteiger partial charge on any atom is -0.481 e. The summed E-state index contributed by atoms with van der Waals surface area (Å²) < 4.78 is 0. The second-order valence-corrected chi connectivity index (χ2v) is 3.56. The van der Waals surface area contributed by atoms with E-state index >= 15 is 0 Å². The second-order valence-electron chi connectivity index (χ2n) is 3.56. The highest BCUT2D eigenvalue weighted by Crippen LogP contribution is 2.14. The maximum atomic E-state index is 11.6. The van der Waals surface area contributed by atoms with E-state index in [1.807, 2.05) is 0 Å². The highest BCUT2D eigenvalue weighted by molar-refractivity contribution is 5.71. The van der Waals surface area contributed by atoms with Crippen LogP contribution in [0.3, 0.4) is 0 Å². The van der Waals surface area contributed by atoms with Crippen molar-refractivity contribution in [3.8, 4) is 11.1 Å². The van der Waals surface area contributed by atoms with Gasteiger partial charge in [-0.25, -0.2) is 0 Å². The number of carbonyl (C=O) groups is 1.